The molecule has 2 N–H and O–H groups in total. The molecule has 57 heavy (non-hydrogen) atoms. The summed E-state index contributed by atoms with van der Waals surface area (Å²) in [5.41, 5.74) is 1.39. The predicted octanol–water partition coefficient (Wildman–Crippen LogP) is 9.46. The maximum absolute atomic E-state index is 14.3. The van der Waals surface area contributed by atoms with Crippen molar-refractivity contribution in [2.75, 3.05) is 33.7 Å². The summed E-state index contributed by atoms with van der Waals surface area (Å²) in [7, 11) is 4.15. The lowest BCUT2D eigenvalue weighted by atomic mass is 9.33. The highest BCUT2D eigenvalue weighted by Crippen LogP contribution is 2.77. The Labute approximate surface area is 348 Å². The van der Waals surface area contributed by atoms with E-state index >= 15 is 0 Å². The minimum atomic E-state index is -1.17. The van der Waals surface area contributed by atoms with Crippen LogP contribution in [-0.4, -0.2) is 83.7 Å². The third-order valence-electron chi connectivity index (χ3n) is 17.1. The molecule has 0 heterocycles. The van der Waals surface area contributed by atoms with Gasteiger partial charge in [0.2, 0.25) is 0 Å². The summed E-state index contributed by atoms with van der Waals surface area (Å²) in [6.45, 7) is 22.5. The number of halogens is 1. The summed E-state index contributed by atoms with van der Waals surface area (Å²) in [4.78, 5) is 43.8. The fourth-order valence-electron chi connectivity index (χ4n) is 13.8. The predicted molar refractivity (Wildman–Crippen MR) is 227 cm³/mol. The Kier molecular flexibility index (Phi) is 12.2. The van der Waals surface area contributed by atoms with Crippen molar-refractivity contribution in [3.8, 4) is 0 Å². The first-order valence-corrected chi connectivity index (χ1v) is 22.3. The molecule has 318 valence electrons. The van der Waals surface area contributed by atoms with E-state index in [4.69, 9.17) is 16.3 Å². The van der Waals surface area contributed by atoms with Crippen molar-refractivity contribution in [3.05, 3.63) is 46.0 Å². The first-order chi connectivity index (χ1) is 26.4. The van der Waals surface area contributed by atoms with Crippen LogP contribution in [0.3, 0.4) is 0 Å². The maximum atomic E-state index is 14.3. The molecule has 9 heteroatoms. The Balaban J connectivity index is 1.29. The zero-order valence-corrected chi connectivity index (χ0v) is 37.7. The number of rotatable bonds is 13. The SMILES string of the molecule is CC(C)C1=C2[C@H]3CC[C@@H]4[C@@]5(C)CC[C@H](OC(=O)CC(C)(C)C(=O)O)C(C)(C)[C@@H]5CC[C@@]4(C)[C@]3(C)CC[C@]2([C@@H](O)CN(CCN(C)C)Cc2ccccc2Cl)CC1=O. The van der Waals surface area contributed by atoms with Crippen molar-refractivity contribution in [1.29, 1.82) is 0 Å². The van der Waals surface area contributed by atoms with Crippen LogP contribution in [0.5, 0.6) is 0 Å². The summed E-state index contributed by atoms with van der Waals surface area (Å²) >= 11 is 6.67. The van der Waals surface area contributed by atoms with E-state index in [-0.39, 0.29) is 51.8 Å². The van der Waals surface area contributed by atoms with Crippen molar-refractivity contribution in [2.24, 2.45) is 56.2 Å². The molecular weight excluding hydrogens is 736 g/mol. The van der Waals surface area contributed by atoms with Gasteiger partial charge >= 0.3 is 11.9 Å². The number of aliphatic hydroxyl groups is 1. The number of aliphatic hydroxyl groups excluding tert-OH is 1. The van der Waals surface area contributed by atoms with Gasteiger partial charge in [-0.05, 0) is 136 Å². The van der Waals surface area contributed by atoms with Crippen molar-refractivity contribution >= 4 is 29.3 Å². The highest BCUT2D eigenvalue weighted by molar-refractivity contribution is 6.31. The van der Waals surface area contributed by atoms with Gasteiger partial charge in [0.15, 0.2) is 5.78 Å². The molecule has 0 spiro atoms. The number of carbonyl (C=O) groups is 3. The van der Waals surface area contributed by atoms with Crippen molar-refractivity contribution in [2.45, 2.75) is 145 Å². The van der Waals surface area contributed by atoms with Gasteiger partial charge in [0.25, 0.3) is 0 Å². The Morgan fingerprint density at radius 1 is 0.930 bits per heavy atom. The van der Waals surface area contributed by atoms with E-state index in [0.29, 0.717) is 31.3 Å². The number of ketones is 1. The molecule has 0 bridgehead atoms. The van der Waals surface area contributed by atoms with E-state index in [1.165, 1.54) is 5.57 Å². The van der Waals surface area contributed by atoms with Crippen molar-refractivity contribution < 1.29 is 29.3 Å². The number of hydrogen-bond acceptors (Lipinski definition) is 7. The number of ether oxygens (including phenoxy) is 1. The lowest BCUT2D eigenvalue weighted by Gasteiger charge is -2.72. The lowest BCUT2D eigenvalue weighted by Crippen LogP contribution is -2.66. The van der Waals surface area contributed by atoms with Crippen molar-refractivity contribution in [3.63, 3.8) is 0 Å². The lowest BCUT2D eigenvalue weighted by molar-refractivity contribution is -0.235. The number of fused-ring (bicyclic) bond motifs is 7. The molecule has 0 aliphatic heterocycles. The number of carbonyl (C=O) groups excluding carboxylic acids is 2. The van der Waals surface area contributed by atoms with Crippen LogP contribution in [0.1, 0.15) is 132 Å². The molecule has 0 saturated heterocycles. The smallest absolute Gasteiger partial charge is 0.309 e. The van der Waals surface area contributed by atoms with Gasteiger partial charge in [0, 0.05) is 48.5 Å². The van der Waals surface area contributed by atoms with Gasteiger partial charge in [-0.3, -0.25) is 19.3 Å². The van der Waals surface area contributed by atoms with Crippen LogP contribution >= 0.6 is 11.6 Å². The monoisotopic (exact) mass is 809 g/mol. The minimum Gasteiger partial charge on any atom is -0.481 e. The summed E-state index contributed by atoms with van der Waals surface area (Å²) in [5.74, 6) is -0.0237. The standard InChI is InChI=1S/C48H73ClN2O6/c1-30(2)40-34(52)26-48(37(53)29-51(25-24-50(10)11)28-31-14-12-13-15-33(31)49)23-22-46(8)32(41(40)48)16-17-36-45(7)20-19-38(57-39(54)27-43(3,4)42(55)56)44(5,6)35(45)18-21-47(36,46)9/h12-15,30,32,35-38,53H,16-29H2,1-11H3,(H,55,56)/t32-,35+,36-,37+,38+,45+,46-,47-,48-/m1/s1. The number of aliphatic carboxylic acids is 1. The van der Waals surface area contributed by atoms with Crippen LogP contribution in [-0.2, 0) is 25.7 Å². The van der Waals surface area contributed by atoms with E-state index in [1.807, 2.05) is 18.2 Å². The number of benzene rings is 1. The van der Waals surface area contributed by atoms with Gasteiger partial charge in [-0.25, -0.2) is 0 Å². The molecule has 0 unspecified atom stereocenters. The molecule has 6 rings (SSSR count). The van der Waals surface area contributed by atoms with Crippen LogP contribution < -0.4 is 0 Å². The first-order valence-electron chi connectivity index (χ1n) is 21.9. The molecule has 5 aliphatic carbocycles. The summed E-state index contributed by atoms with van der Waals surface area (Å²) < 4.78 is 6.20. The molecule has 0 aromatic heterocycles. The zero-order valence-electron chi connectivity index (χ0n) is 37.0. The topological polar surface area (TPSA) is 107 Å². The quantitative estimate of drug-likeness (QED) is 0.190. The third-order valence-corrected chi connectivity index (χ3v) is 17.5. The van der Waals surface area contributed by atoms with Crippen LogP contribution in [0.2, 0.25) is 5.02 Å². The van der Waals surface area contributed by atoms with Gasteiger partial charge in [-0.2, -0.15) is 0 Å². The largest absolute Gasteiger partial charge is 0.481 e. The number of esters is 1. The van der Waals surface area contributed by atoms with E-state index in [9.17, 15) is 24.6 Å². The number of Topliss-reactive ketones (excluding diaryl/α,β-unsaturated/α-hetero) is 1. The molecule has 4 fully saturated rings. The Morgan fingerprint density at radius 3 is 2.25 bits per heavy atom. The van der Waals surface area contributed by atoms with E-state index in [1.54, 1.807) is 13.8 Å². The molecule has 5 aliphatic rings. The Hall–Kier alpha value is -2.26. The minimum absolute atomic E-state index is 0.0336. The Morgan fingerprint density at radius 2 is 1.61 bits per heavy atom. The Bertz CT molecular complexity index is 1750. The second-order valence-electron chi connectivity index (χ2n) is 21.7. The summed E-state index contributed by atoms with van der Waals surface area (Å²) in [5, 5.41) is 23.1. The average Bonchev–Trinajstić information content (AvgIpc) is 3.42. The number of nitrogens with zero attached hydrogens (tertiary/aromatic N) is 2. The number of hydrogen-bond donors (Lipinski definition) is 2. The number of likely N-dealkylation sites (N-methyl/N-ethyl adjacent to an activating group) is 1. The molecule has 4 saturated carbocycles. The summed E-state index contributed by atoms with van der Waals surface area (Å²) in [6, 6.07) is 7.98. The normalized spacial score (nSPS) is 35.5. The number of carboxylic acids is 1. The number of allylic oxidation sites excluding steroid dienone is 1. The van der Waals surface area contributed by atoms with Crippen LogP contribution in [0.15, 0.2) is 35.4 Å². The van der Waals surface area contributed by atoms with Crippen LogP contribution in [0.25, 0.3) is 0 Å². The van der Waals surface area contributed by atoms with Gasteiger partial charge in [-0.15, -0.1) is 0 Å². The molecule has 8 nitrogen and oxygen atoms in total. The van der Waals surface area contributed by atoms with Crippen LogP contribution in [0, 0.1) is 56.2 Å². The highest BCUT2D eigenvalue weighted by atomic mass is 35.5. The first kappa shape index (κ1) is 44.3. The molecule has 9 atom stereocenters. The van der Waals surface area contributed by atoms with Gasteiger partial charge < -0.3 is 19.8 Å². The molecule has 0 radical (unpaired) electrons. The van der Waals surface area contributed by atoms with Crippen molar-refractivity contribution in [1.82, 2.24) is 9.80 Å². The molecule has 0 amide bonds. The fraction of sp³-hybridized carbons (Fsp3) is 0.771. The van der Waals surface area contributed by atoms with Gasteiger partial charge in [-0.1, -0.05) is 83.8 Å². The number of carboxylic acid groups (broad SMARTS) is 1. The fourth-order valence-corrected chi connectivity index (χ4v) is 14.0. The molecular formula is C48H73ClN2O6. The van der Waals surface area contributed by atoms with E-state index < -0.39 is 28.9 Å². The second-order valence-corrected chi connectivity index (χ2v) is 22.1. The second kappa shape index (κ2) is 15.6. The van der Waals surface area contributed by atoms with E-state index in [0.717, 1.165) is 80.6 Å². The maximum Gasteiger partial charge on any atom is 0.309 e. The third kappa shape index (κ3) is 7.47. The van der Waals surface area contributed by atoms with Gasteiger partial charge in [0.1, 0.15) is 6.10 Å². The highest BCUT2D eigenvalue weighted by Gasteiger charge is 2.71. The van der Waals surface area contributed by atoms with E-state index in [2.05, 4.69) is 78.4 Å². The zero-order chi connectivity index (χ0) is 42.1. The molecule has 1 aromatic rings. The molecule has 1 aromatic carbocycles. The van der Waals surface area contributed by atoms with Crippen LogP contribution in [0.4, 0.5) is 0 Å². The van der Waals surface area contributed by atoms with Gasteiger partial charge in [0.05, 0.1) is 17.9 Å². The average molecular weight is 810 g/mol. The summed E-state index contributed by atoms with van der Waals surface area (Å²) in [6.07, 6.45) is 7.07.